The van der Waals surface area contributed by atoms with Gasteiger partial charge in [-0.05, 0) is 74.1 Å². The minimum atomic E-state index is 0.847. The van der Waals surface area contributed by atoms with Gasteiger partial charge in [-0.25, -0.2) is 0 Å². The van der Waals surface area contributed by atoms with E-state index in [-0.39, 0.29) is 0 Å². The number of ether oxygens (including phenoxy) is 1. The van der Waals surface area contributed by atoms with Gasteiger partial charge < -0.3 is 9.64 Å². The fraction of sp³-hybridized carbons (Fsp3) is 0.727. The smallest absolute Gasteiger partial charge is 0.0500 e. The number of fused-ring (bicyclic) bond motifs is 1. The molecule has 0 N–H and O–H groups in total. The second kappa shape index (κ2) is 9.09. The molecule has 4 rings (SSSR count). The van der Waals surface area contributed by atoms with E-state index in [1.54, 1.807) is 0 Å². The van der Waals surface area contributed by atoms with Crippen LogP contribution in [0.3, 0.4) is 0 Å². The van der Waals surface area contributed by atoms with Gasteiger partial charge in [-0.3, -0.25) is 4.90 Å². The lowest BCUT2D eigenvalue weighted by Crippen LogP contribution is -2.31. The summed E-state index contributed by atoms with van der Waals surface area (Å²) in [5.41, 5.74) is 1.45. The van der Waals surface area contributed by atoms with E-state index in [1.807, 2.05) is 11.8 Å². The summed E-state index contributed by atoms with van der Waals surface area (Å²) in [5.74, 6) is 2.66. The van der Waals surface area contributed by atoms with Gasteiger partial charge in [0, 0.05) is 37.7 Å². The molecule has 3 fully saturated rings. The molecule has 1 aliphatic carbocycles. The third-order valence-corrected chi connectivity index (χ3v) is 7.28. The topological polar surface area (TPSA) is 15.7 Å². The summed E-state index contributed by atoms with van der Waals surface area (Å²) in [6.07, 6.45) is 7.56. The molecule has 3 nitrogen and oxygen atoms in total. The fourth-order valence-corrected chi connectivity index (χ4v) is 5.30. The van der Waals surface area contributed by atoms with Crippen LogP contribution < -0.4 is 0 Å². The van der Waals surface area contributed by atoms with Gasteiger partial charge >= 0.3 is 0 Å². The average molecular weight is 375 g/mol. The molecule has 26 heavy (non-hydrogen) atoms. The van der Waals surface area contributed by atoms with Gasteiger partial charge in [0.05, 0.1) is 6.61 Å². The van der Waals surface area contributed by atoms with Crippen LogP contribution in [0.2, 0.25) is 0 Å². The standard InChI is InChI=1S/C22H34N2OS/c1-26-19-8-6-18(7-9-19)14-24-15-20-21(16-24)22(20)17-25-13-5-12-23-10-3-2-4-11-23/h6-9,20-22H,2-5,10-17H2,1H3. The van der Waals surface area contributed by atoms with Gasteiger partial charge in [-0.15, -0.1) is 11.8 Å². The predicted octanol–water partition coefficient (Wildman–Crippen LogP) is 3.98. The SMILES string of the molecule is CSc1ccc(CN2CC3C(COCCCN4CCCCC4)C3C2)cc1. The van der Waals surface area contributed by atoms with E-state index >= 15 is 0 Å². The molecule has 3 aliphatic rings. The molecule has 0 aromatic heterocycles. The number of piperidine rings is 2. The minimum Gasteiger partial charge on any atom is -0.381 e. The predicted molar refractivity (Wildman–Crippen MR) is 110 cm³/mol. The third-order valence-electron chi connectivity index (χ3n) is 6.53. The molecular weight excluding hydrogens is 340 g/mol. The lowest BCUT2D eigenvalue weighted by Gasteiger charge is -2.26. The Labute approximate surface area is 163 Å². The van der Waals surface area contributed by atoms with E-state index in [2.05, 4.69) is 40.3 Å². The summed E-state index contributed by atoms with van der Waals surface area (Å²) in [5, 5.41) is 0. The van der Waals surface area contributed by atoms with E-state index in [1.165, 1.54) is 68.9 Å². The molecule has 1 aromatic rings. The van der Waals surface area contributed by atoms with E-state index in [9.17, 15) is 0 Å². The van der Waals surface area contributed by atoms with Crippen molar-refractivity contribution in [3.8, 4) is 0 Å². The van der Waals surface area contributed by atoms with Crippen molar-refractivity contribution in [1.29, 1.82) is 0 Å². The number of thioether (sulfide) groups is 1. The van der Waals surface area contributed by atoms with Crippen LogP contribution in [0.25, 0.3) is 0 Å². The van der Waals surface area contributed by atoms with Gasteiger partial charge in [0.2, 0.25) is 0 Å². The number of likely N-dealkylation sites (tertiary alicyclic amines) is 2. The van der Waals surface area contributed by atoms with E-state index in [0.29, 0.717) is 0 Å². The summed E-state index contributed by atoms with van der Waals surface area (Å²) in [7, 11) is 0. The molecule has 0 amide bonds. The Balaban J connectivity index is 1.07. The van der Waals surface area contributed by atoms with Crippen LogP contribution in [0.4, 0.5) is 0 Å². The van der Waals surface area contributed by atoms with Crippen LogP contribution in [0.5, 0.6) is 0 Å². The Morgan fingerprint density at radius 1 is 1.00 bits per heavy atom. The first-order valence-corrected chi connectivity index (χ1v) is 11.7. The molecule has 2 atom stereocenters. The normalized spacial score (nSPS) is 29.0. The molecule has 2 saturated heterocycles. The quantitative estimate of drug-likeness (QED) is 0.480. The summed E-state index contributed by atoms with van der Waals surface area (Å²) < 4.78 is 6.02. The second-order valence-electron chi connectivity index (χ2n) is 8.36. The summed E-state index contributed by atoms with van der Waals surface area (Å²) >= 11 is 1.82. The van der Waals surface area contributed by atoms with Crippen molar-refractivity contribution in [3.63, 3.8) is 0 Å². The molecule has 1 saturated carbocycles. The maximum absolute atomic E-state index is 6.02. The highest BCUT2D eigenvalue weighted by Crippen LogP contribution is 2.52. The van der Waals surface area contributed by atoms with Crippen LogP contribution >= 0.6 is 11.8 Å². The van der Waals surface area contributed by atoms with Crippen LogP contribution in [-0.4, -0.2) is 62.0 Å². The molecule has 0 radical (unpaired) electrons. The molecule has 144 valence electrons. The van der Waals surface area contributed by atoms with Crippen molar-refractivity contribution in [1.82, 2.24) is 9.80 Å². The Bertz CT molecular complexity index is 546. The van der Waals surface area contributed by atoms with Crippen molar-refractivity contribution in [3.05, 3.63) is 29.8 Å². The van der Waals surface area contributed by atoms with E-state index < -0.39 is 0 Å². The summed E-state index contributed by atoms with van der Waals surface area (Å²) in [6.45, 7) is 9.48. The highest BCUT2D eigenvalue weighted by Gasteiger charge is 2.55. The zero-order chi connectivity index (χ0) is 17.8. The monoisotopic (exact) mass is 374 g/mol. The molecule has 4 heteroatoms. The van der Waals surface area contributed by atoms with Crippen molar-refractivity contribution in [2.24, 2.45) is 17.8 Å². The van der Waals surface area contributed by atoms with Crippen molar-refractivity contribution < 1.29 is 4.74 Å². The highest BCUT2D eigenvalue weighted by molar-refractivity contribution is 7.98. The van der Waals surface area contributed by atoms with Gasteiger partial charge in [-0.1, -0.05) is 18.6 Å². The van der Waals surface area contributed by atoms with Crippen molar-refractivity contribution in [2.45, 2.75) is 37.1 Å². The first-order chi connectivity index (χ1) is 12.8. The molecule has 2 unspecified atom stereocenters. The number of nitrogens with zero attached hydrogens (tertiary/aromatic N) is 2. The maximum Gasteiger partial charge on any atom is 0.0500 e. The van der Waals surface area contributed by atoms with E-state index in [0.717, 1.165) is 37.5 Å². The van der Waals surface area contributed by atoms with Gasteiger partial charge in [-0.2, -0.15) is 0 Å². The number of rotatable bonds is 9. The lowest BCUT2D eigenvalue weighted by molar-refractivity contribution is 0.0967. The van der Waals surface area contributed by atoms with Gasteiger partial charge in [0.15, 0.2) is 0 Å². The van der Waals surface area contributed by atoms with E-state index in [4.69, 9.17) is 4.74 Å². The highest BCUT2D eigenvalue weighted by atomic mass is 32.2. The fourth-order valence-electron chi connectivity index (χ4n) is 4.89. The van der Waals surface area contributed by atoms with Gasteiger partial charge in [0.1, 0.15) is 0 Å². The number of hydrogen-bond donors (Lipinski definition) is 0. The molecule has 0 bridgehead atoms. The molecule has 2 aliphatic heterocycles. The molecule has 1 aromatic carbocycles. The molecule has 0 spiro atoms. The van der Waals surface area contributed by atoms with Crippen LogP contribution in [-0.2, 0) is 11.3 Å². The van der Waals surface area contributed by atoms with Crippen LogP contribution in [0, 0.1) is 17.8 Å². The summed E-state index contributed by atoms with van der Waals surface area (Å²) in [6, 6.07) is 9.08. The Morgan fingerprint density at radius 3 is 2.42 bits per heavy atom. The average Bonchev–Trinajstić information content (AvgIpc) is 3.14. The number of hydrogen-bond acceptors (Lipinski definition) is 4. The Morgan fingerprint density at radius 2 is 1.73 bits per heavy atom. The zero-order valence-corrected chi connectivity index (χ0v) is 17.1. The molecule has 2 heterocycles. The largest absolute Gasteiger partial charge is 0.381 e. The first kappa shape index (κ1) is 18.8. The van der Waals surface area contributed by atoms with Crippen molar-refractivity contribution >= 4 is 11.8 Å². The number of benzene rings is 1. The Hall–Kier alpha value is -0.550. The van der Waals surface area contributed by atoms with Crippen molar-refractivity contribution in [2.75, 3.05) is 52.2 Å². The third kappa shape index (κ3) is 4.83. The lowest BCUT2D eigenvalue weighted by atomic mass is 10.1. The summed E-state index contributed by atoms with van der Waals surface area (Å²) in [4.78, 5) is 6.61. The maximum atomic E-state index is 6.02. The first-order valence-electron chi connectivity index (χ1n) is 10.5. The second-order valence-corrected chi connectivity index (χ2v) is 9.24. The Kier molecular flexibility index (Phi) is 6.57. The molecular formula is C22H34N2OS. The van der Waals surface area contributed by atoms with Gasteiger partial charge in [0.25, 0.3) is 0 Å². The minimum absolute atomic E-state index is 0.847. The van der Waals surface area contributed by atoms with Crippen LogP contribution in [0.1, 0.15) is 31.2 Å². The zero-order valence-electron chi connectivity index (χ0n) is 16.2. The van der Waals surface area contributed by atoms with Crippen LogP contribution in [0.15, 0.2) is 29.2 Å².